The number of rotatable bonds is 2. The average Bonchev–Trinajstić information content (AvgIpc) is 2.67. The molecule has 4 nitrogen and oxygen atoms in total. The van der Waals surface area contributed by atoms with Crippen LogP contribution in [0, 0.1) is 19.3 Å². The molecule has 1 fully saturated rings. The minimum atomic E-state index is -0.816. The van der Waals surface area contributed by atoms with Gasteiger partial charge in [0.25, 0.3) is 5.91 Å². The highest BCUT2D eigenvalue weighted by atomic mass is 32.1. The fraction of sp³-hybridized carbons (Fsp3) is 0.571. The zero-order valence-corrected chi connectivity index (χ0v) is 12.3. The zero-order valence-electron chi connectivity index (χ0n) is 11.5. The Labute approximate surface area is 117 Å². The van der Waals surface area contributed by atoms with Crippen molar-refractivity contribution in [2.45, 2.75) is 33.6 Å². The molecule has 1 aliphatic rings. The molecule has 1 amide bonds. The average molecular weight is 281 g/mol. The molecule has 104 valence electrons. The van der Waals surface area contributed by atoms with Crippen molar-refractivity contribution >= 4 is 23.2 Å². The predicted molar refractivity (Wildman–Crippen MR) is 74.7 cm³/mol. The van der Waals surface area contributed by atoms with Crippen LogP contribution in [0.25, 0.3) is 0 Å². The monoisotopic (exact) mass is 281 g/mol. The van der Waals surface area contributed by atoms with E-state index in [0.29, 0.717) is 19.5 Å². The van der Waals surface area contributed by atoms with E-state index in [1.54, 1.807) is 23.2 Å². The van der Waals surface area contributed by atoms with Gasteiger partial charge in [-0.05, 0) is 39.7 Å². The first-order chi connectivity index (χ1) is 8.83. The fourth-order valence-electron chi connectivity index (χ4n) is 2.60. The third-order valence-electron chi connectivity index (χ3n) is 3.77. The molecule has 1 aromatic rings. The quantitative estimate of drug-likeness (QED) is 0.906. The van der Waals surface area contributed by atoms with Gasteiger partial charge in [-0.3, -0.25) is 9.59 Å². The summed E-state index contributed by atoms with van der Waals surface area (Å²) in [6.07, 6.45) is 1.38. The Bertz CT molecular complexity index is 523. The molecule has 1 aliphatic heterocycles. The number of aryl methyl sites for hydroxylation is 2. The molecule has 1 N–H and O–H groups in total. The van der Waals surface area contributed by atoms with Gasteiger partial charge in [-0.25, -0.2) is 0 Å². The number of likely N-dealkylation sites (tertiary alicyclic amines) is 1. The number of amides is 1. The van der Waals surface area contributed by atoms with Crippen molar-refractivity contribution in [2.75, 3.05) is 13.1 Å². The van der Waals surface area contributed by atoms with Crippen LogP contribution in [-0.2, 0) is 4.79 Å². The molecule has 0 bridgehead atoms. The van der Waals surface area contributed by atoms with Crippen LogP contribution in [0.3, 0.4) is 0 Å². The largest absolute Gasteiger partial charge is 0.481 e. The summed E-state index contributed by atoms with van der Waals surface area (Å²) >= 11 is 1.60. The Morgan fingerprint density at radius 3 is 2.63 bits per heavy atom. The smallest absolute Gasteiger partial charge is 0.311 e. The fourth-order valence-corrected chi connectivity index (χ4v) is 3.52. The maximum Gasteiger partial charge on any atom is 0.311 e. The molecule has 1 unspecified atom stereocenters. The van der Waals surface area contributed by atoms with Gasteiger partial charge in [-0.2, -0.15) is 0 Å². The topological polar surface area (TPSA) is 57.6 Å². The number of thiophene rings is 1. The lowest BCUT2D eigenvalue weighted by atomic mass is 9.82. The zero-order chi connectivity index (χ0) is 14.2. The lowest BCUT2D eigenvalue weighted by Gasteiger charge is -2.37. The first kappa shape index (κ1) is 14.1. The highest BCUT2D eigenvalue weighted by Crippen LogP contribution is 2.31. The van der Waals surface area contributed by atoms with E-state index >= 15 is 0 Å². The van der Waals surface area contributed by atoms with Crippen LogP contribution in [0.15, 0.2) is 6.07 Å². The molecule has 1 aromatic heterocycles. The molecule has 0 radical (unpaired) electrons. The van der Waals surface area contributed by atoms with Crippen LogP contribution >= 0.6 is 11.3 Å². The van der Waals surface area contributed by atoms with E-state index in [2.05, 4.69) is 0 Å². The third-order valence-corrected chi connectivity index (χ3v) is 4.74. The van der Waals surface area contributed by atoms with Gasteiger partial charge in [0.05, 0.1) is 11.0 Å². The van der Waals surface area contributed by atoms with Crippen molar-refractivity contribution in [1.82, 2.24) is 4.90 Å². The normalized spacial score (nSPS) is 23.4. The molecule has 0 saturated carbocycles. The van der Waals surface area contributed by atoms with Crippen LogP contribution in [0.2, 0.25) is 0 Å². The molecular formula is C14H19NO3S. The second-order valence-corrected chi connectivity index (χ2v) is 6.98. The van der Waals surface area contributed by atoms with Crippen molar-refractivity contribution in [1.29, 1.82) is 0 Å². The van der Waals surface area contributed by atoms with Crippen molar-refractivity contribution in [2.24, 2.45) is 5.41 Å². The Hall–Kier alpha value is -1.36. The number of hydrogen-bond acceptors (Lipinski definition) is 3. The molecule has 1 atom stereocenters. The molecule has 19 heavy (non-hydrogen) atoms. The third kappa shape index (κ3) is 2.66. The molecule has 2 heterocycles. The van der Waals surface area contributed by atoms with Crippen molar-refractivity contribution < 1.29 is 14.7 Å². The van der Waals surface area contributed by atoms with Gasteiger partial charge in [0.2, 0.25) is 0 Å². The summed E-state index contributed by atoms with van der Waals surface area (Å²) in [6, 6.07) is 1.90. The lowest BCUT2D eigenvalue weighted by Crippen LogP contribution is -2.48. The Morgan fingerprint density at radius 2 is 2.11 bits per heavy atom. The van der Waals surface area contributed by atoms with Crippen molar-refractivity contribution in [3.05, 3.63) is 21.4 Å². The minimum absolute atomic E-state index is 0.0333. The summed E-state index contributed by atoms with van der Waals surface area (Å²) in [6.45, 7) is 6.59. The lowest BCUT2D eigenvalue weighted by molar-refractivity contribution is -0.150. The molecule has 5 heteroatoms. The Kier molecular flexibility index (Phi) is 3.67. The number of carboxylic acid groups (broad SMARTS) is 1. The highest BCUT2D eigenvalue weighted by Gasteiger charge is 2.39. The van der Waals surface area contributed by atoms with Crippen LogP contribution in [0.1, 0.15) is 39.9 Å². The maximum absolute atomic E-state index is 12.5. The second-order valence-electron chi connectivity index (χ2n) is 5.52. The number of nitrogens with zero attached hydrogens (tertiary/aromatic N) is 1. The number of aliphatic carboxylic acids is 1. The van der Waals surface area contributed by atoms with Crippen molar-refractivity contribution in [3.8, 4) is 0 Å². The number of hydrogen-bond donors (Lipinski definition) is 1. The van der Waals surface area contributed by atoms with Gasteiger partial charge < -0.3 is 10.0 Å². The Morgan fingerprint density at radius 1 is 1.42 bits per heavy atom. The molecular weight excluding hydrogens is 262 g/mol. The first-order valence-corrected chi connectivity index (χ1v) is 7.25. The molecule has 0 aliphatic carbocycles. The summed E-state index contributed by atoms with van der Waals surface area (Å²) in [7, 11) is 0. The van der Waals surface area contributed by atoms with Crippen LogP contribution in [0.4, 0.5) is 0 Å². The van der Waals surface area contributed by atoms with Gasteiger partial charge >= 0.3 is 5.97 Å². The van der Waals surface area contributed by atoms with E-state index in [1.165, 1.54) is 0 Å². The number of carbonyl (C=O) groups is 2. The van der Waals surface area contributed by atoms with E-state index in [-0.39, 0.29) is 5.91 Å². The summed E-state index contributed by atoms with van der Waals surface area (Å²) < 4.78 is 0. The molecule has 2 rings (SSSR count). The number of carbonyl (C=O) groups excluding carboxylic acids is 1. The van der Waals surface area contributed by atoms with Gasteiger partial charge in [-0.1, -0.05) is 0 Å². The maximum atomic E-state index is 12.5. The summed E-state index contributed by atoms with van der Waals surface area (Å²) in [4.78, 5) is 27.6. The second kappa shape index (κ2) is 4.96. The van der Waals surface area contributed by atoms with Crippen LogP contribution in [0.5, 0.6) is 0 Å². The standard InChI is InChI=1S/C14H19NO3S/c1-9-7-11(10(2)19-9)12(16)15-6-4-5-14(3,8-15)13(17)18/h7H,4-6,8H2,1-3H3,(H,17,18). The van der Waals surface area contributed by atoms with Crippen molar-refractivity contribution in [3.63, 3.8) is 0 Å². The highest BCUT2D eigenvalue weighted by molar-refractivity contribution is 7.12. The van der Waals surface area contributed by atoms with E-state index in [9.17, 15) is 14.7 Å². The van der Waals surface area contributed by atoms with Gasteiger partial charge in [-0.15, -0.1) is 11.3 Å². The molecule has 1 saturated heterocycles. The summed E-state index contributed by atoms with van der Waals surface area (Å²) in [5.74, 6) is -0.850. The van der Waals surface area contributed by atoms with Gasteiger partial charge in [0, 0.05) is 22.8 Å². The van der Waals surface area contributed by atoms with Gasteiger partial charge in [0.1, 0.15) is 0 Å². The van der Waals surface area contributed by atoms with Crippen LogP contribution in [-0.4, -0.2) is 35.0 Å². The number of piperidine rings is 1. The van der Waals surface area contributed by atoms with E-state index in [4.69, 9.17) is 0 Å². The first-order valence-electron chi connectivity index (χ1n) is 6.43. The summed E-state index contributed by atoms with van der Waals surface area (Å²) in [5.41, 5.74) is -0.0930. The van der Waals surface area contributed by atoms with E-state index in [1.807, 2.05) is 19.9 Å². The van der Waals surface area contributed by atoms with E-state index in [0.717, 1.165) is 21.7 Å². The van der Waals surface area contributed by atoms with Gasteiger partial charge in [0.15, 0.2) is 0 Å². The predicted octanol–water partition coefficient (Wildman–Crippen LogP) is 2.69. The minimum Gasteiger partial charge on any atom is -0.481 e. The Balaban J connectivity index is 2.20. The number of carboxylic acids is 1. The van der Waals surface area contributed by atoms with Crippen LogP contribution < -0.4 is 0 Å². The molecule has 0 spiro atoms. The van der Waals surface area contributed by atoms with E-state index < -0.39 is 11.4 Å². The SMILES string of the molecule is Cc1cc(C(=O)N2CCCC(C)(C(=O)O)C2)c(C)s1. The summed E-state index contributed by atoms with van der Waals surface area (Å²) in [5, 5.41) is 9.29. The molecule has 0 aromatic carbocycles.